The third-order valence-corrected chi connectivity index (χ3v) is 2.24. The molecule has 2 rings (SSSR count). The number of hydrogen-bond acceptors (Lipinski definition) is 3. The highest BCUT2D eigenvalue weighted by Crippen LogP contribution is 2.33. The minimum absolute atomic E-state index is 0.0130. The molecule has 3 nitrogen and oxygen atoms in total. The summed E-state index contributed by atoms with van der Waals surface area (Å²) in [6, 6.07) is 10.9. The molecule has 0 amide bonds. The maximum absolute atomic E-state index is 9.50. The van der Waals surface area contributed by atoms with Crippen LogP contribution in [0.3, 0.4) is 0 Å². The van der Waals surface area contributed by atoms with Crippen LogP contribution in [0.1, 0.15) is 0 Å². The second-order valence-electron chi connectivity index (χ2n) is 3.21. The Morgan fingerprint density at radius 1 is 0.938 bits per heavy atom. The van der Waals surface area contributed by atoms with Crippen LogP contribution in [0.2, 0.25) is 5.02 Å². The summed E-state index contributed by atoms with van der Waals surface area (Å²) in [5.41, 5.74) is 0. The Labute approximate surface area is 97.5 Å². The Kier molecular flexibility index (Phi) is 2.88. The van der Waals surface area contributed by atoms with E-state index in [1.165, 1.54) is 18.2 Å². The second-order valence-corrected chi connectivity index (χ2v) is 3.64. The van der Waals surface area contributed by atoms with Gasteiger partial charge in [0.05, 0.1) is 0 Å². The van der Waals surface area contributed by atoms with Crippen LogP contribution in [0.25, 0.3) is 0 Å². The van der Waals surface area contributed by atoms with Gasteiger partial charge in [0.1, 0.15) is 11.5 Å². The molecule has 0 atom stereocenters. The molecule has 0 fully saturated rings. The highest BCUT2D eigenvalue weighted by Gasteiger charge is 2.04. The fourth-order valence-corrected chi connectivity index (χ4v) is 1.35. The second kappa shape index (κ2) is 4.33. The number of aromatic hydroxyl groups is 2. The molecule has 2 aromatic carbocycles. The molecule has 0 aliphatic rings. The van der Waals surface area contributed by atoms with Gasteiger partial charge in [0.25, 0.3) is 0 Å². The molecular formula is C12H9ClO3. The van der Waals surface area contributed by atoms with E-state index in [2.05, 4.69) is 0 Å². The Morgan fingerprint density at radius 2 is 1.62 bits per heavy atom. The fourth-order valence-electron chi connectivity index (χ4n) is 1.22. The van der Waals surface area contributed by atoms with Crippen LogP contribution >= 0.6 is 11.6 Å². The number of hydrogen-bond donors (Lipinski definition) is 2. The van der Waals surface area contributed by atoms with Gasteiger partial charge in [-0.15, -0.1) is 0 Å². The van der Waals surface area contributed by atoms with Gasteiger partial charge in [-0.1, -0.05) is 11.6 Å². The van der Waals surface area contributed by atoms with Crippen LogP contribution in [-0.4, -0.2) is 10.2 Å². The summed E-state index contributed by atoms with van der Waals surface area (Å²) in [5.74, 6) is 0.710. The topological polar surface area (TPSA) is 49.7 Å². The van der Waals surface area contributed by atoms with Gasteiger partial charge in [-0.2, -0.15) is 0 Å². The molecule has 16 heavy (non-hydrogen) atoms. The zero-order chi connectivity index (χ0) is 11.5. The molecule has 0 heterocycles. The first-order valence-corrected chi connectivity index (χ1v) is 4.98. The molecular weight excluding hydrogens is 228 g/mol. The minimum atomic E-state index is -0.116. The molecule has 0 unspecified atom stereocenters. The monoisotopic (exact) mass is 236 g/mol. The predicted octanol–water partition coefficient (Wildman–Crippen LogP) is 3.54. The largest absolute Gasteiger partial charge is 0.508 e. The third-order valence-electron chi connectivity index (χ3n) is 1.98. The van der Waals surface area contributed by atoms with E-state index in [0.717, 1.165) is 0 Å². The van der Waals surface area contributed by atoms with Crippen molar-refractivity contribution in [2.24, 2.45) is 0 Å². The molecule has 4 heteroatoms. The van der Waals surface area contributed by atoms with Crippen LogP contribution in [0, 0.1) is 0 Å². The number of rotatable bonds is 2. The smallest absolute Gasteiger partial charge is 0.169 e. The molecule has 0 bridgehead atoms. The van der Waals surface area contributed by atoms with Crippen molar-refractivity contribution in [2.75, 3.05) is 0 Å². The van der Waals surface area contributed by atoms with Crippen LogP contribution in [-0.2, 0) is 0 Å². The Balaban J connectivity index is 2.23. The molecule has 0 aromatic heterocycles. The van der Waals surface area contributed by atoms with Crippen molar-refractivity contribution in [1.29, 1.82) is 0 Å². The lowest BCUT2D eigenvalue weighted by Gasteiger charge is -2.07. The molecule has 0 aliphatic carbocycles. The van der Waals surface area contributed by atoms with Crippen molar-refractivity contribution in [1.82, 2.24) is 0 Å². The van der Waals surface area contributed by atoms with E-state index in [1.54, 1.807) is 24.3 Å². The Hall–Kier alpha value is -1.87. The van der Waals surface area contributed by atoms with Crippen molar-refractivity contribution in [3.05, 3.63) is 47.5 Å². The minimum Gasteiger partial charge on any atom is -0.508 e. The Bertz CT molecular complexity index is 494. The SMILES string of the molecule is Oc1ccc(Oc2ccc(Cl)cc2)c(O)c1. The maximum Gasteiger partial charge on any atom is 0.169 e. The lowest BCUT2D eigenvalue weighted by molar-refractivity contribution is 0.403. The first-order chi connectivity index (χ1) is 7.65. The van der Waals surface area contributed by atoms with E-state index < -0.39 is 0 Å². The van der Waals surface area contributed by atoms with Gasteiger partial charge >= 0.3 is 0 Å². The van der Waals surface area contributed by atoms with Gasteiger partial charge in [-0.25, -0.2) is 0 Å². The number of ether oxygens (including phenoxy) is 1. The van der Waals surface area contributed by atoms with Crippen LogP contribution in [0.4, 0.5) is 0 Å². The summed E-state index contributed by atoms with van der Waals surface area (Å²) in [4.78, 5) is 0. The highest BCUT2D eigenvalue weighted by molar-refractivity contribution is 6.30. The predicted molar refractivity (Wildman–Crippen MR) is 61.3 cm³/mol. The summed E-state index contributed by atoms with van der Waals surface area (Å²) >= 11 is 5.73. The van der Waals surface area contributed by atoms with Crippen molar-refractivity contribution < 1.29 is 14.9 Å². The maximum atomic E-state index is 9.50. The summed E-state index contributed by atoms with van der Waals surface area (Å²) in [7, 11) is 0. The summed E-state index contributed by atoms with van der Waals surface area (Å²) in [6.07, 6.45) is 0. The number of halogens is 1. The summed E-state index contributed by atoms with van der Waals surface area (Å²) in [6.45, 7) is 0. The third kappa shape index (κ3) is 2.38. The molecule has 0 saturated carbocycles. The molecule has 2 aromatic rings. The summed E-state index contributed by atoms with van der Waals surface area (Å²) in [5, 5.41) is 19.2. The van der Waals surface area contributed by atoms with Gasteiger partial charge < -0.3 is 14.9 Å². The lowest BCUT2D eigenvalue weighted by Crippen LogP contribution is -1.84. The zero-order valence-corrected chi connectivity index (χ0v) is 8.98. The van der Waals surface area contributed by atoms with Crippen LogP contribution in [0.5, 0.6) is 23.0 Å². The summed E-state index contributed by atoms with van der Waals surface area (Å²) < 4.78 is 5.40. The van der Waals surface area contributed by atoms with Gasteiger partial charge in [0, 0.05) is 11.1 Å². The normalized spacial score (nSPS) is 10.1. The average molecular weight is 237 g/mol. The van der Waals surface area contributed by atoms with Crippen molar-refractivity contribution >= 4 is 11.6 Å². The molecule has 0 spiro atoms. The standard InChI is InChI=1S/C12H9ClO3/c13-8-1-4-10(5-2-8)16-12-6-3-9(14)7-11(12)15/h1-7,14-15H. The van der Waals surface area contributed by atoms with E-state index in [9.17, 15) is 5.11 Å². The molecule has 2 N–H and O–H groups in total. The van der Waals surface area contributed by atoms with E-state index in [1.807, 2.05) is 0 Å². The van der Waals surface area contributed by atoms with E-state index in [0.29, 0.717) is 10.8 Å². The van der Waals surface area contributed by atoms with Crippen molar-refractivity contribution in [2.45, 2.75) is 0 Å². The van der Waals surface area contributed by atoms with Gasteiger partial charge in [0.2, 0.25) is 0 Å². The molecule has 0 aliphatic heterocycles. The quantitative estimate of drug-likeness (QED) is 0.839. The fraction of sp³-hybridized carbons (Fsp3) is 0. The first kappa shape index (κ1) is 10.6. The average Bonchev–Trinajstić information content (AvgIpc) is 2.25. The first-order valence-electron chi connectivity index (χ1n) is 4.60. The molecule has 82 valence electrons. The van der Waals surface area contributed by atoms with E-state index in [-0.39, 0.29) is 17.2 Å². The number of benzene rings is 2. The van der Waals surface area contributed by atoms with Gasteiger partial charge in [0.15, 0.2) is 11.5 Å². The lowest BCUT2D eigenvalue weighted by atomic mass is 10.3. The van der Waals surface area contributed by atoms with E-state index in [4.69, 9.17) is 21.4 Å². The van der Waals surface area contributed by atoms with Gasteiger partial charge in [-0.3, -0.25) is 0 Å². The van der Waals surface area contributed by atoms with Crippen molar-refractivity contribution in [3.63, 3.8) is 0 Å². The van der Waals surface area contributed by atoms with Gasteiger partial charge in [-0.05, 0) is 36.4 Å². The molecule has 0 saturated heterocycles. The zero-order valence-electron chi connectivity index (χ0n) is 8.22. The highest BCUT2D eigenvalue weighted by atomic mass is 35.5. The number of phenols is 2. The Morgan fingerprint density at radius 3 is 2.25 bits per heavy atom. The van der Waals surface area contributed by atoms with Crippen LogP contribution < -0.4 is 4.74 Å². The molecule has 0 radical (unpaired) electrons. The number of phenolic OH excluding ortho intramolecular Hbond substituents is 2. The van der Waals surface area contributed by atoms with Crippen molar-refractivity contribution in [3.8, 4) is 23.0 Å². The van der Waals surface area contributed by atoms with E-state index >= 15 is 0 Å². The van der Waals surface area contributed by atoms with Crippen LogP contribution in [0.15, 0.2) is 42.5 Å².